The summed E-state index contributed by atoms with van der Waals surface area (Å²) in [4.78, 5) is 28.2. The number of benzene rings is 2. The van der Waals surface area contributed by atoms with Gasteiger partial charge in [-0.1, -0.05) is 29.8 Å². The molecule has 0 unspecified atom stereocenters. The van der Waals surface area contributed by atoms with Crippen molar-refractivity contribution in [2.75, 3.05) is 23.4 Å². The summed E-state index contributed by atoms with van der Waals surface area (Å²) >= 11 is 0. The Morgan fingerprint density at radius 3 is 2.41 bits per heavy atom. The number of amides is 2. The normalized spacial score (nSPS) is 14.0. The van der Waals surface area contributed by atoms with Gasteiger partial charge in [0.15, 0.2) is 0 Å². The van der Waals surface area contributed by atoms with Crippen molar-refractivity contribution in [1.29, 1.82) is 0 Å². The highest BCUT2D eigenvalue weighted by Crippen LogP contribution is 2.33. The molecule has 0 spiro atoms. The van der Waals surface area contributed by atoms with Crippen LogP contribution in [0.2, 0.25) is 0 Å². The summed E-state index contributed by atoms with van der Waals surface area (Å²) in [5.41, 5.74) is 4.21. The lowest BCUT2D eigenvalue weighted by Gasteiger charge is -2.34. The Kier molecular flexibility index (Phi) is 3.45. The second-order valence-corrected chi connectivity index (χ2v) is 5.65. The zero-order valence-electron chi connectivity index (χ0n) is 13.0. The smallest absolute Gasteiger partial charge is 0.259 e. The zero-order chi connectivity index (χ0) is 15.9. The zero-order valence-corrected chi connectivity index (χ0v) is 13.0. The molecule has 0 aliphatic carbocycles. The molecule has 0 N–H and O–H groups in total. The first-order chi connectivity index (χ1) is 10.5. The number of nitrogens with zero attached hydrogens (tertiary/aromatic N) is 2. The number of anilines is 2. The topological polar surface area (TPSA) is 40.6 Å². The molecule has 0 bridgehead atoms. The van der Waals surface area contributed by atoms with E-state index in [-0.39, 0.29) is 18.4 Å². The minimum absolute atomic E-state index is 0.0691. The van der Waals surface area contributed by atoms with Crippen molar-refractivity contribution in [2.45, 2.75) is 13.8 Å². The van der Waals surface area contributed by atoms with Gasteiger partial charge in [-0.05, 0) is 37.6 Å². The number of carbonyl (C=O) groups excluding carboxylic acids is 2. The molecule has 4 heteroatoms. The molecule has 1 heterocycles. The maximum Gasteiger partial charge on any atom is 0.259 e. The van der Waals surface area contributed by atoms with E-state index in [4.69, 9.17) is 0 Å². The molecule has 3 rings (SSSR count). The first-order valence-corrected chi connectivity index (χ1v) is 7.24. The SMILES string of the molecule is Cc1ccc(C(=O)N2CC(=O)N(C)c3ccccc32)c(C)c1. The predicted octanol–water partition coefficient (Wildman–Crippen LogP) is 2.93. The number of hydrogen-bond donors (Lipinski definition) is 0. The predicted molar refractivity (Wildman–Crippen MR) is 87.4 cm³/mol. The fourth-order valence-corrected chi connectivity index (χ4v) is 2.82. The maximum absolute atomic E-state index is 12.9. The summed E-state index contributed by atoms with van der Waals surface area (Å²) in [6.07, 6.45) is 0. The first kappa shape index (κ1) is 14.3. The molecule has 2 amide bonds. The van der Waals surface area contributed by atoms with Crippen LogP contribution >= 0.6 is 0 Å². The summed E-state index contributed by atoms with van der Waals surface area (Å²) in [6.45, 7) is 3.99. The van der Waals surface area contributed by atoms with Crippen LogP contribution in [0.1, 0.15) is 21.5 Å². The van der Waals surface area contributed by atoms with Crippen molar-refractivity contribution in [3.63, 3.8) is 0 Å². The summed E-state index contributed by atoms with van der Waals surface area (Å²) in [5, 5.41) is 0. The molecular weight excluding hydrogens is 276 g/mol. The Bertz CT molecular complexity index is 767. The Hall–Kier alpha value is -2.62. The molecule has 0 atom stereocenters. The molecule has 2 aromatic rings. The highest BCUT2D eigenvalue weighted by molar-refractivity contribution is 6.16. The lowest BCUT2D eigenvalue weighted by Crippen LogP contribution is -2.46. The van der Waals surface area contributed by atoms with Crippen LogP contribution in [0, 0.1) is 13.8 Å². The third-order valence-corrected chi connectivity index (χ3v) is 4.06. The Morgan fingerprint density at radius 2 is 1.73 bits per heavy atom. The van der Waals surface area contributed by atoms with E-state index in [9.17, 15) is 9.59 Å². The fourth-order valence-electron chi connectivity index (χ4n) is 2.82. The Balaban J connectivity index is 2.06. The van der Waals surface area contributed by atoms with E-state index in [1.807, 2.05) is 56.3 Å². The monoisotopic (exact) mass is 294 g/mol. The van der Waals surface area contributed by atoms with Crippen LogP contribution in [-0.4, -0.2) is 25.4 Å². The van der Waals surface area contributed by atoms with E-state index in [1.165, 1.54) is 0 Å². The fraction of sp³-hybridized carbons (Fsp3) is 0.222. The summed E-state index contributed by atoms with van der Waals surface area (Å²) < 4.78 is 0. The second kappa shape index (κ2) is 5.30. The van der Waals surface area contributed by atoms with Crippen molar-refractivity contribution < 1.29 is 9.59 Å². The second-order valence-electron chi connectivity index (χ2n) is 5.65. The molecular formula is C18H18N2O2. The third-order valence-electron chi connectivity index (χ3n) is 4.06. The number of para-hydroxylation sites is 2. The van der Waals surface area contributed by atoms with Gasteiger partial charge in [0.1, 0.15) is 6.54 Å². The van der Waals surface area contributed by atoms with Crippen LogP contribution in [0.15, 0.2) is 42.5 Å². The average molecular weight is 294 g/mol. The highest BCUT2D eigenvalue weighted by atomic mass is 16.2. The van der Waals surface area contributed by atoms with Gasteiger partial charge < -0.3 is 4.90 Å². The molecule has 0 radical (unpaired) electrons. The van der Waals surface area contributed by atoms with E-state index >= 15 is 0 Å². The maximum atomic E-state index is 12.9. The highest BCUT2D eigenvalue weighted by Gasteiger charge is 2.31. The summed E-state index contributed by atoms with van der Waals surface area (Å²) in [6, 6.07) is 13.2. The van der Waals surface area contributed by atoms with Gasteiger partial charge in [-0.15, -0.1) is 0 Å². The van der Waals surface area contributed by atoms with Crippen molar-refractivity contribution in [2.24, 2.45) is 0 Å². The Morgan fingerprint density at radius 1 is 1.05 bits per heavy atom. The summed E-state index contributed by atoms with van der Waals surface area (Å²) in [7, 11) is 1.74. The molecule has 2 aromatic carbocycles. The number of fused-ring (bicyclic) bond motifs is 1. The Labute approximate surface area is 130 Å². The van der Waals surface area contributed by atoms with Crippen LogP contribution in [0.5, 0.6) is 0 Å². The lowest BCUT2D eigenvalue weighted by molar-refractivity contribution is -0.117. The van der Waals surface area contributed by atoms with Gasteiger partial charge in [0, 0.05) is 12.6 Å². The third kappa shape index (κ3) is 2.26. The molecule has 0 fully saturated rings. The quantitative estimate of drug-likeness (QED) is 0.811. The molecule has 4 nitrogen and oxygen atoms in total. The van der Waals surface area contributed by atoms with Crippen molar-refractivity contribution in [3.05, 3.63) is 59.2 Å². The van der Waals surface area contributed by atoms with Crippen LogP contribution in [-0.2, 0) is 4.79 Å². The summed E-state index contributed by atoms with van der Waals surface area (Å²) in [5.74, 6) is -0.219. The van der Waals surface area contributed by atoms with Crippen LogP contribution < -0.4 is 9.80 Å². The van der Waals surface area contributed by atoms with E-state index < -0.39 is 0 Å². The molecule has 1 aliphatic heterocycles. The van der Waals surface area contributed by atoms with Crippen LogP contribution in [0.4, 0.5) is 11.4 Å². The molecule has 1 aliphatic rings. The van der Waals surface area contributed by atoms with Crippen LogP contribution in [0.25, 0.3) is 0 Å². The van der Waals surface area contributed by atoms with E-state index in [0.29, 0.717) is 5.56 Å². The van der Waals surface area contributed by atoms with Gasteiger partial charge in [0.25, 0.3) is 5.91 Å². The molecule has 0 aromatic heterocycles. The minimum atomic E-state index is -0.133. The average Bonchev–Trinajstić information content (AvgIpc) is 2.50. The van der Waals surface area contributed by atoms with Crippen molar-refractivity contribution >= 4 is 23.2 Å². The number of carbonyl (C=O) groups is 2. The van der Waals surface area contributed by atoms with Gasteiger partial charge in [0.2, 0.25) is 5.91 Å². The number of aryl methyl sites for hydroxylation is 2. The van der Waals surface area contributed by atoms with Crippen molar-refractivity contribution in [1.82, 2.24) is 0 Å². The lowest BCUT2D eigenvalue weighted by atomic mass is 10.0. The van der Waals surface area contributed by atoms with E-state index in [0.717, 1.165) is 22.5 Å². The largest absolute Gasteiger partial charge is 0.312 e. The van der Waals surface area contributed by atoms with E-state index in [2.05, 4.69) is 0 Å². The minimum Gasteiger partial charge on any atom is -0.312 e. The molecule has 0 saturated carbocycles. The standard InChI is InChI=1S/C18H18N2O2/c1-12-8-9-14(13(2)10-12)18(22)20-11-17(21)19(3)15-6-4-5-7-16(15)20/h4-10H,11H2,1-3H3. The number of likely N-dealkylation sites (N-methyl/N-ethyl adjacent to an activating group) is 1. The van der Waals surface area contributed by atoms with E-state index in [1.54, 1.807) is 16.8 Å². The number of rotatable bonds is 1. The first-order valence-electron chi connectivity index (χ1n) is 7.24. The van der Waals surface area contributed by atoms with Gasteiger partial charge in [-0.3, -0.25) is 14.5 Å². The van der Waals surface area contributed by atoms with Gasteiger partial charge in [-0.2, -0.15) is 0 Å². The van der Waals surface area contributed by atoms with Gasteiger partial charge in [0.05, 0.1) is 11.4 Å². The molecule has 112 valence electrons. The van der Waals surface area contributed by atoms with Crippen LogP contribution in [0.3, 0.4) is 0 Å². The van der Waals surface area contributed by atoms with Gasteiger partial charge >= 0.3 is 0 Å². The number of hydrogen-bond acceptors (Lipinski definition) is 2. The van der Waals surface area contributed by atoms with Gasteiger partial charge in [-0.25, -0.2) is 0 Å². The molecule has 0 saturated heterocycles. The molecule has 22 heavy (non-hydrogen) atoms. The van der Waals surface area contributed by atoms with Crippen molar-refractivity contribution in [3.8, 4) is 0 Å².